The third-order valence-electron chi connectivity index (χ3n) is 9.44. The molecule has 0 spiro atoms. The second kappa shape index (κ2) is 39.3. The summed E-state index contributed by atoms with van der Waals surface area (Å²) in [5.74, 6) is -0.850. The number of hydrogen-bond acceptors (Lipinski definition) is 8. The van der Waals surface area contributed by atoms with E-state index in [0.717, 1.165) is 70.6 Å². The molecule has 0 heterocycles. The SMILES string of the molecule is CCCCCCCC/C=C/CCCCCCCC(=O)OCC(COP(=O)([O-])OCC[N+](C)(C)C)OC(=O)CCCCCCC/C=C/CCCCCCCC.O. The van der Waals surface area contributed by atoms with Crippen molar-refractivity contribution in [2.24, 2.45) is 0 Å². The maximum absolute atomic E-state index is 12.7. The molecule has 10 nitrogen and oxygen atoms in total. The summed E-state index contributed by atoms with van der Waals surface area (Å²) in [4.78, 5) is 37.5. The van der Waals surface area contributed by atoms with E-state index in [1.54, 1.807) is 0 Å². The van der Waals surface area contributed by atoms with Gasteiger partial charge in [-0.05, 0) is 64.2 Å². The Morgan fingerprint density at radius 3 is 1.36 bits per heavy atom. The Hall–Kier alpha value is -1.55. The van der Waals surface area contributed by atoms with Gasteiger partial charge in [0.1, 0.15) is 19.8 Å². The highest BCUT2D eigenvalue weighted by atomic mass is 31.2. The van der Waals surface area contributed by atoms with Gasteiger partial charge in [0.05, 0.1) is 27.7 Å². The monoisotopic (exact) mass is 804 g/mol. The van der Waals surface area contributed by atoms with Gasteiger partial charge in [-0.1, -0.05) is 141 Å². The molecule has 0 aromatic heterocycles. The standard InChI is InChI=1S/C44H84NO8P.H2O/c1-6-8-10-12-14-16-18-20-22-24-26-28-30-32-34-36-43(46)50-40-42(41-52-54(48,49)51-39-38-45(3,4)5)53-44(47)37-35-33-31-29-27-25-23-21-19-17-15-13-11-9-7-2;/h20-23,42H,6-19,24-41H2,1-5H3;1H2/b22-20+,23-21+;. The molecule has 0 amide bonds. The number of quaternary nitrogens is 1. The molecule has 0 radical (unpaired) electrons. The molecule has 0 aliphatic heterocycles. The fraction of sp³-hybridized carbons (Fsp3) is 0.864. The van der Waals surface area contributed by atoms with Crippen molar-refractivity contribution in [2.75, 3.05) is 47.5 Å². The fourth-order valence-corrected chi connectivity index (χ4v) is 6.67. The number of nitrogens with zero attached hydrogens (tertiary/aromatic N) is 1. The van der Waals surface area contributed by atoms with Gasteiger partial charge in [0.15, 0.2) is 6.10 Å². The lowest BCUT2D eigenvalue weighted by Crippen LogP contribution is -2.37. The van der Waals surface area contributed by atoms with Crippen molar-refractivity contribution in [1.29, 1.82) is 0 Å². The van der Waals surface area contributed by atoms with E-state index in [-0.39, 0.29) is 31.5 Å². The number of ether oxygens (including phenoxy) is 2. The Kier molecular flexibility index (Phi) is 39.7. The molecule has 0 bridgehead atoms. The molecule has 11 heteroatoms. The summed E-state index contributed by atoms with van der Waals surface area (Å²) in [7, 11) is 1.16. The van der Waals surface area contributed by atoms with Crippen LogP contribution in [0.25, 0.3) is 0 Å². The molecule has 0 saturated carbocycles. The number of likely N-dealkylation sites (N-methyl/N-ethyl adjacent to an activating group) is 1. The highest BCUT2D eigenvalue weighted by Crippen LogP contribution is 2.38. The average molecular weight is 804 g/mol. The molecule has 0 aliphatic carbocycles. The minimum absolute atomic E-state index is 0. The smallest absolute Gasteiger partial charge is 0.306 e. The molecule has 2 N–H and O–H groups in total. The number of phosphoric ester groups is 1. The summed E-state index contributed by atoms with van der Waals surface area (Å²) in [6.45, 7) is 4.20. The minimum atomic E-state index is -4.62. The van der Waals surface area contributed by atoms with Crippen LogP contribution in [0.1, 0.15) is 194 Å². The number of allylic oxidation sites excluding steroid dienone is 4. The highest BCUT2D eigenvalue weighted by molar-refractivity contribution is 7.45. The Morgan fingerprint density at radius 1 is 0.564 bits per heavy atom. The van der Waals surface area contributed by atoms with E-state index in [0.29, 0.717) is 17.4 Å². The number of carbonyl (C=O) groups is 2. The molecule has 2 unspecified atom stereocenters. The second-order valence-electron chi connectivity index (χ2n) is 16.1. The van der Waals surface area contributed by atoms with Crippen LogP contribution in [0.4, 0.5) is 0 Å². The third kappa shape index (κ3) is 43.4. The lowest BCUT2D eigenvalue weighted by atomic mass is 10.1. The summed E-state index contributed by atoms with van der Waals surface area (Å²) in [6.07, 6.45) is 39.1. The normalized spacial score (nSPS) is 13.6. The Morgan fingerprint density at radius 2 is 0.945 bits per heavy atom. The van der Waals surface area contributed by atoms with Crippen LogP contribution >= 0.6 is 7.82 Å². The van der Waals surface area contributed by atoms with Crippen molar-refractivity contribution < 1.29 is 47.5 Å². The zero-order valence-corrected chi connectivity index (χ0v) is 37.1. The predicted octanol–water partition coefficient (Wildman–Crippen LogP) is 10.9. The minimum Gasteiger partial charge on any atom is -0.756 e. The summed E-state index contributed by atoms with van der Waals surface area (Å²) in [6, 6.07) is 0. The van der Waals surface area contributed by atoms with Gasteiger partial charge < -0.3 is 33.4 Å². The Labute approximate surface area is 338 Å². The number of unbranched alkanes of at least 4 members (excludes halogenated alkanes) is 22. The first-order valence-corrected chi connectivity index (χ1v) is 23.5. The van der Waals surface area contributed by atoms with Crippen molar-refractivity contribution in [3.05, 3.63) is 24.3 Å². The van der Waals surface area contributed by atoms with E-state index in [2.05, 4.69) is 38.2 Å². The van der Waals surface area contributed by atoms with Crippen LogP contribution in [0.3, 0.4) is 0 Å². The van der Waals surface area contributed by atoms with E-state index in [4.69, 9.17) is 18.5 Å². The van der Waals surface area contributed by atoms with Crippen LogP contribution in [-0.2, 0) is 32.7 Å². The van der Waals surface area contributed by atoms with E-state index < -0.39 is 32.5 Å². The van der Waals surface area contributed by atoms with Gasteiger partial charge in [-0.2, -0.15) is 0 Å². The average Bonchev–Trinajstić information content (AvgIpc) is 3.12. The number of rotatable bonds is 40. The van der Waals surface area contributed by atoms with Gasteiger partial charge in [-0.3, -0.25) is 14.2 Å². The number of phosphoric acid groups is 1. The van der Waals surface area contributed by atoms with Crippen LogP contribution < -0.4 is 4.89 Å². The van der Waals surface area contributed by atoms with Crippen LogP contribution in [0, 0.1) is 0 Å². The van der Waals surface area contributed by atoms with E-state index in [1.165, 1.54) is 89.9 Å². The van der Waals surface area contributed by atoms with E-state index >= 15 is 0 Å². The van der Waals surface area contributed by atoms with Crippen LogP contribution in [0.15, 0.2) is 24.3 Å². The van der Waals surface area contributed by atoms with Gasteiger partial charge in [0, 0.05) is 12.8 Å². The van der Waals surface area contributed by atoms with E-state index in [1.807, 2.05) is 21.1 Å². The quantitative estimate of drug-likeness (QED) is 0.0196. The Bertz CT molecular complexity index is 983. The van der Waals surface area contributed by atoms with Crippen LogP contribution in [0.5, 0.6) is 0 Å². The molecular formula is C44H86NO9P. The predicted molar refractivity (Wildman–Crippen MR) is 226 cm³/mol. The van der Waals surface area contributed by atoms with Crippen LogP contribution in [-0.4, -0.2) is 75.5 Å². The molecule has 0 fully saturated rings. The van der Waals surface area contributed by atoms with Gasteiger partial charge in [0.2, 0.25) is 0 Å². The molecular weight excluding hydrogens is 717 g/mol. The van der Waals surface area contributed by atoms with Crippen molar-refractivity contribution >= 4 is 19.8 Å². The lowest BCUT2D eigenvalue weighted by Gasteiger charge is -2.28. The fourth-order valence-electron chi connectivity index (χ4n) is 5.94. The summed E-state index contributed by atoms with van der Waals surface area (Å²) < 4.78 is 33.9. The highest BCUT2D eigenvalue weighted by Gasteiger charge is 2.21. The number of carbonyl (C=O) groups excluding carboxylic acids is 2. The second-order valence-corrected chi connectivity index (χ2v) is 17.5. The number of esters is 2. The first-order chi connectivity index (χ1) is 26.0. The molecule has 2 atom stereocenters. The van der Waals surface area contributed by atoms with Crippen molar-refractivity contribution in [1.82, 2.24) is 0 Å². The zero-order chi connectivity index (χ0) is 40.0. The van der Waals surface area contributed by atoms with Crippen molar-refractivity contribution in [2.45, 2.75) is 200 Å². The molecule has 326 valence electrons. The zero-order valence-electron chi connectivity index (χ0n) is 36.2. The van der Waals surface area contributed by atoms with Gasteiger partial charge in [-0.25, -0.2) is 0 Å². The van der Waals surface area contributed by atoms with Gasteiger partial charge in [0.25, 0.3) is 7.82 Å². The molecule has 55 heavy (non-hydrogen) atoms. The summed E-state index contributed by atoms with van der Waals surface area (Å²) >= 11 is 0. The molecule has 0 saturated heterocycles. The summed E-state index contributed by atoms with van der Waals surface area (Å²) in [5, 5.41) is 0. The molecule has 0 aromatic carbocycles. The van der Waals surface area contributed by atoms with Crippen molar-refractivity contribution in [3.8, 4) is 0 Å². The molecule has 0 aromatic rings. The largest absolute Gasteiger partial charge is 0.756 e. The van der Waals surface area contributed by atoms with Gasteiger partial charge in [-0.15, -0.1) is 0 Å². The number of hydrogen-bond donors (Lipinski definition) is 0. The first kappa shape index (κ1) is 55.5. The van der Waals surface area contributed by atoms with E-state index in [9.17, 15) is 19.0 Å². The topological polar surface area (TPSA) is 143 Å². The first-order valence-electron chi connectivity index (χ1n) is 22.0. The van der Waals surface area contributed by atoms with Gasteiger partial charge >= 0.3 is 11.9 Å². The molecule has 0 rings (SSSR count). The Balaban J connectivity index is 0. The third-order valence-corrected chi connectivity index (χ3v) is 10.4. The van der Waals surface area contributed by atoms with Crippen molar-refractivity contribution in [3.63, 3.8) is 0 Å². The molecule has 0 aliphatic rings. The van der Waals surface area contributed by atoms with Crippen LogP contribution in [0.2, 0.25) is 0 Å². The summed E-state index contributed by atoms with van der Waals surface area (Å²) in [5.41, 5.74) is 0. The maximum Gasteiger partial charge on any atom is 0.306 e. The lowest BCUT2D eigenvalue weighted by molar-refractivity contribution is -0.870. The maximum atomic E-state index is 12.7.